The zero-order valence-electron chi connectivity index (χ0n) is 13.8. The Kier molecular flexibility index (Phi) is 4.62. The third-order valence-corrected chi connectivity index (χ3v) is 3.85. The van der Waals surface area contributed by atoms with Gasteiger partial charge in [-0.15, -0.1) is 16.8 Å². The lowest BCUT2D eigenvalue weighted by Gasteiger charge is -2.01. The minimum Gasteiger partial charge on any atom is -0.493 e. The van der Waals surface area contributed by atoms with Gasteiger partial charge in [0, 0.05) is 18.0 Å². The molecule has 0 amide bonds. The number of hydrogen-bond acceptors (Lipinski definition) is 7. The number of allylic oxidation sites excluding steroid dienone is 1. The number of fused-ring (bicyclic) bond motifs is 1. The molecule has 0 spiro atoms. The summed E-state index contributed by atoms with van der Waals surface area (Å²) in [6.45, 7) is 3.98. The third kappa shape index (κ3) is 3.23. The SMILES string of the molecule is C=CCn1c(O)c(N=Nc2ccc([N+](=O)[O-])cc2[N+](=O)[O-])c2ccccc21. The van der Waals surface area contributed by atoms with E-state index in [0.717, 1.165) is 18.2 Å². The van der Waals surface area contributed by atoms with Crippen LogP contribution in [-0.2, 0) is 6.54 Å². The van der Waals surface area contributed by atoms with Gasteiger partial charge in [0.1, 0.15) is 0 Å². The minimum absolute atomic E-state index is 0.139. The lowest BCUT2D eigenvalue weighted by Crippen LogP contribution is -1.93. The molecular formula is C17H13N5O5. The Morgan fingerprint density at radius 3 is 2.52 bits per heavy atom. The standard InChI is InChI=1S/C17H13N5O5/c1-2-9-20-14-6-4-3-5-12(14)16(17(20)23)19-18-13-8-7-11(21(24)25)10-15(13)22(26)27/h2-8,10,23H,1,9H2. The van der Waals surface area contributed by atoms with Crippen molar-refractivity contribution < 1.29 is 15.0 Å². The topological polar surface area (TPSA) is 136 Å². The van der Waals surface area contributed by atoms with Crippen LogP contribution in [0.2, 0.25) is 0 Å². The molecule has 136 valence electrons. The number of nitrogens with zero attached hydrogens (tertiary/aromatic N) is 5. The summed E-state index contributed by atoms with van der Waals surface area (Å²) in [4.78, 5) is 20.5. The summed E-state index contributed by atoms with van der Waals surface area (Å²) < 4.78 is 1.57. The molecule has 10 heteroatoms. The first kappa shape index (κ1) is 17.7. The van der Waals surface area contributed by atoms with E-state index in [1.54, 1.807) is 34.9 Å². The normalized spacial score (nSPS) is 11.1. The van der Waals surface area contributed by atoms with Crippen molar-refractivity contribution in [1.82, 2.24) is 4.57 Å². The van der Waals surface area contributed by atoms with E-state index in [9.17, 15) is 25.3 Å². The number of rotatable bonds is 6. The zero-order valence-corrected chi connectivity index (χ0v) is 13.8. The largest absolute Gasteiger partial charge is 0.493 e. The second-order valence-electron chi connectivity index (χ2n) is 5.48. The van der Waals surface area contributed by atoms with Gasteiger partial charge in [-0.25, -0.2) is 0 Å². The van der Waals surface area contributed by atoms with E-state index in [4.69, 9.17) is 0 Å². The van der Waals surface area contributed by atoms with Gasteiger partial charge >= 0.3 is 5.69 Å². The van der Waals surface area contributed by atoms with Crippen molar-refractivity contribution in [3.63, 3.8) is 0 Å². The van der Waals surface area contributed by atoms with Crippen LogP contribution in [0.15, 0.2) is 65.3 Å². The Morgan fingerprint density at radius 2 is 1.85 bits per heavy atom. The highest BCUT2D eigenvalue weighted by Crippen LogP contribution is 2.40. The fourth-order valence-corrected chi connectivity index (χ4v) is 2.64. The van der Waals surface area contributed by atoms with Gasteiger partial charge in [0.25, 0.3) is 5.69 Å². The highest BCUT2D eigenvalue weighted by atomic mass is 16.6. The lowest BCUT2D eigenvalue weighted by atomic mass is 10.2. The van der Waals surface area contributed by atoms with Crippen LogP contribution in [0.5, 0.6) is 5.88 Å². The molecule has 27 heavy (non-hydrogen) atoms. The van der Waals surface area contributed by atoms with Crippen LogP contribution in [0.25, 0.3) is 10.9 Å². The second kappa shape index (κ2) is 7.04. The molecule has 0 atom stereocenters. The number of non-ortho nitro benzene ring substituents is 1. The predicted octanol–water partition coefficient (Wildman–Crippen LogP) is 4.76. The molecule has 0 aliphatic heterocycles. The number of hydrogen-bond donors (Lipinski definition) is 1. The molecule has 3 rings (SSSR count). The van der Waals surface area contributed by atoms with Crippen LogP contribution >= 0.6 is 0 Å². The van der Waals surface area contributed by atoms with Crippen molar-refractivity contribution >= 4 is 33.7 Å². The minimum atomic E-state index is -0.776. The summed E-state index contributed by atoms with van der Waals surface area (Å²) in [5.74, 6) is -0.163. The molecular weight excluding hydrogens is 354 g/mol. The van der Waals surface area contributed by atoms with Crippen LogP contribution in [0, 0.1) is 20.2 Å². The molecule has 0 radical (unpaired) electrons. The molecule has 0 unspecified atom stereocenters. The maximum atomic E-state index is 11.2. The van der Waals surface area contributed by atoms with Crippen molar-refractivity contribution in [2.75, 3.05) is 0 Å². The van der Waals surface area contributed by atoms with Crippen LogP contribution in [-0.4, -0.2) is 19.5 Å². The van der Waals surface area contributed by atoms with E-state index >= 15 is 0 Å². The van der Waals surface area contributed by atoms with Crippen LogP contribution < -0.4 is 0 Å². The van der Waals surface area contributed by atoms with Gasteiger partial charge in [0.05, 0.1) is 21.4 Å². The van der Waals surface area contributed by atoms with Crippen LogP contribution in [0.1, 0.15) is 0 Å². The number of azo groups is 1. The molecule has 0 aliphatic rings. The summed E-state index contributed by atoms with van der Waals surface area (Å²) in [6, 6.07) is 10.1. The maximum absolute atomic E-state index is 11.2. The van der Waals surface area contributed by atoms with Gasteiger partial charge in [0.15, 0.2) is 11.4 Å². The number of nitro groups is 2. The van der Waals surface area contributed by atoms with Crippen molar-refractivity contribution in [2.45, 2.75) is 6.54 Å². The van der Waals surface area contributed by atoms with Crippen molar-refractivity contribution in [3.8, 4) is 5.88 Å². The average Bonchev–Trinajstić information content (AvgIpc) is 2.92. The molecule has 0 aliphatic carbocycles. The van der Waals surface area contributed by atoms with Gasteiger partial charge in [-0.3, -0.25) is 20.2 Å². The molecule has 1 N–H and O–H groups in total. The van der Waals surface area contributed by atoms with Crippen molar-refractivity contribution in [3.05, 3.63) is 75.3 Å². The molecule has 1 aromatic heterocycles. The Bertz CT molecular complexity index is 1100. The summed E-state index contributed by atoms with van der Waals surface area (Å²) in [5, 5.41) is 40.9. The van der Waals surface area contributed by atoms with Gasteiger partial charge < -0.3 is 9.67 Å². The van der Waals surface area contributed by atoms with E-state index in [-0.39, 0.29) is 17.3 Å². The first-order valence-corrected chi connectivity index (χ1v) is 7.69. The number of nitro benzene ring substituents is 2. The molecule has 0 saturated carbocycles. The molecule has 0 saturated heterocycles. The first-order valence-electron chi connectivity index (χ1n) is 7.69. The monoisotopic (exact) mass is 367 g/mol. The highest BCUT2D eigenvalue weighted by molar-refractivity contribution is 5.95. The predicted molar refractivity (Wildman–Crippen MR) is 97.7 cm³/mol. The van der Waals surface area contributed by atoms with Gasteiger partial charge in [-0.1, -0.05) is 24.3 Å². The first-order chi connectivity index (χ1) is 12.9. The lowest BCUT2D eigenvalue weighted by molar-refractivity contribution is -0.393. The molecule has 2 aromatic carbocycles. The van der Waals surface area contributed by atoms with Gasteiger partial charge in [0.2, 0.25) is 5.88 Å². The number of benzene rings is 2. The Hall–Kier alpha value is -4.08. The molecule has 0 fully saturated rings. The fraction of sp³-hybridized carbons (Fsp3) is 0.0588. The zero-order chi connectivity index (χ0) is 19.6. The Labute approximate surface area is 152 Å². The molecule has 10 nitrogen and oxygen atoms in total. The average molecular weight is 367 g/mol. The third-order valence-electron chi connectivity index (χ3n) is 3.85. The smallest absolute Gasteiger partial charge is 0.303 e. The highest BCUT2D eigenvalue weighted by Gasteiger charge is 2.20. The van der Waals surface area contributed by atoms with Gasteiger partial charge in [-0.2, -0.15) is 0 Å². The quantitative estimate of drug-likeness (QED) is 0.290. The summed E-state index contributed by atoms with van der Waals surface area (Å²) in [6.07, 6.45) is 1.61. The number of aromatic hydroxyl groups is 1. The van der Waals surface area contributed by atoms with Gasteiger partial charge in [-0.05, 0) is 12.1 Å². The van der Waals surface area contributed by atoms with E-state index in [2.05, 4.69) is 16.8 Å². The molecule has 0 bridgehead atoms. The maximum Gasteiger partial charge on any atom is 0.303 e. The Morgan fingerprint density at radius 1 is 1.11 bits per heavy atom. The Balaban J connectivity index is 2.12. The van der Waals surface area contributed by atoms with Crippen LogP contribution in [0.3, 0.4) is 0 Å². The van der Waals surface area contributed by atoms with E-state index in [0.29, 0.717) is 17.4 Å². The van der Waals surface area contributed by atoms with Crippen LogP contribution in [0.4, 0.5) is 22.7 Å². The number of aromatic nitrogens is 1. The summed E-state index contributed by atoms with van der Waals surface area (Å²) in [5.41, 5.74) is -0.305. The molecule has 3 aromatic rings. The second-order valence-corrected chi connectivity index (χ2v) is 5.48. The van der Waals surface area contributed by atoms with Crippen molar-refractivity contribution in [1.29, 1.82) is 0 Å². The number of para-hydroxylation sites is 1. The van der Waals surface area contributed by atoms with E-state index in [1.165, 1.54) is 0 Å². The summed E-state index contributed by atoms with van der Waals surface area (Å²) in [7, 11) is 0. The van der Waals surface area contributed by atoms with E-state index in [1.807, 2.05) is 0 Å². The molecule has 1 heterocycles. The van der Waals surface area contributed by atoms with Crippen molar-refractivity contribution in [2.24, 2.45) is 10.2 Å². The fourth-order valence-electron chi connectivity index (χ4n) is 2.64. The summed E-state index contributed by atoms with van der Waals surface area (Å²) >= 11 is 0. The van der Waals surface area contributed by atoms with E-state index < -0.39 is 21.2 Å².